The van der Waals surface area contributed by atoms with Crippen LogP contribution in [0, 0.1) is 0 Å². The average molecular weight is 355 g/mol. The van der Waals surface area contributed by atoms with Crippen molar-refractivity contribution in [1.82, 2.24) is 5.32 Å². The lowest BCUT2D eigenvalue weighted by molar-refractivity contribution is -0.128. The Bertz CT molecular complexity index is 756. The number of ether oxygens (including phenoxy) is 2. The maximum atomic E-state index is 12.0. The van der Waals surface area contributed by atoms with Crippen molar-refractivity contribution in [3.05, 3.63) is 65.7 Å². The second-order valence-electron chi connectivity index (χ2n) is 5.73. The van der Waals surface area contributed by atoms with Gasteiger partial charge in [-0.3, -0.25) is 9.59 Å². The van der Waals surface area contributed by atoms with Gasteiger partial charge in [-0.2, -0.15) is 0 Å². The van der Waals surface area contributed by atoms with Crippen LogP contribution < -0.4 is 10.1 Å². The lowest BCUT2D eigenvalue weighted by atomic mass is 10.0. The van der Waals surface area contributed by atoms with Crippen LogP contribution in [0.25, 0.3) is 0 Å². The third-order valence-electron chi connectivity index (χ3n) is 3.77. The van der Waals surface area contributed by atoms with E-state index in [1.54, 1.807) is 24.3 Å². The third-order valence-corrected chi connectivity index (χ3v) is 3.77. The maximum Gasteiger partial charge on any atom is 0.338 e. The van der Waals surface area contributed by atoms with Gasteiger partial charge in [-0.05, 0) is 43.2 Å². The fourth-order valence-electron chi connectivity index (χ4n) is 2.32. The molecule has 0 heterocycles. The summed E-state index contributed by atoms with van der Waals surface area (Å²) in [5.74, 6) is -0.693. The van der Waals surface area contributed by atoms with Gasteiger partial charge in [0.1, 0.15) is 5.75 Å². The highest BCUT2D eigenvalue weighted by Crippen LogP contribution is 2.12. The molecular formula is C20H21NO5. The van der Waals surface area contributed by atoms with E-state index in [-0.39, 0.29) is 5.78 Å². The molecule has 0 aliphatic heterocycles. The summed E-state index contributed by atoms with van der Waals surface area (Å²) in [6, 6.07) is 15.1. The van der Waals surface area contributed by atoms with Gasteiger partial charge in [0.05, 0.1) is 18.7 Å². The second kappa shape index (κ2) is 9.36. The minimum atomic E-state index is -0.662. The maximum absolute atomic E-state index is 12.0. The van der Waals surface area contributed by atoms with Gasteiger partial charge in [-0.15, -0.1) is 0 Å². The van der Waals surface area contributed by atoms with E-state index >= 15 is 0 Å². The number of hydrogen-bond donors (Lipinski definition) is 1. The highest BCUT2D eigenvalue weighted by molar-refractivity contribution is 5.92. The van der Waals surface area contributed by atoms with Crippen LogP contribution in [0.5, 0.6) is 5.75 Å². The number of carbonyl (C=O) groups excluding carboxylic acids is 3. The normalized spacial score (nSPS) is 11.3. The largest absolute Gasteiger partial charge is 0.497 e. The van der Waals surface area contributed by atoms with Gasteiger partial charge in [0.15, 0.2) is 12.4 Å². The molecule has 0 spiro atoms. The zero-order valence-corrected chi connectivity index (χ0v) is 14.7. The van der Waals surface area contributed by atoms with E-state index in [4.69, 9.17) is 9.47 Å². The molecule has 0 aliphatic rings. The van der Waals surface area contributed by atoms with Crippen LogP contribution >= 0.6 is 0 Å². The summed E-state index contributed by atoms with van der Waals surface area (Å²) in [7, 11) is 1.53. The third kappa shape index (κ3) is 5.73. The molecule has 0 aliphatic carbocycles. The Labute approximate surface area is 152 Å². The Balaban J connectivity index is 1.87. The van der Waals surface area contributed by atoms with Crippen molar-refractivity contribution >= 4 is 17.7 Å². The predicted molar refractivity (Wildman–Crippen MR) is 96.0 cm³/mol. The van der Waals surface area contributed by atoms with E-state index in [0.29, 0.717) is 17.7 Å². The first-order valence-corrected chi connectivity index (χ1v) is 8.14. The molecule has 0 radical (unpaired) electrons. The molecule has 6 heteroatoms. The summed E-state index contributed by atoms with van der Waals surface area (Å²) in [5.41, 5.74) is 1.24. The first-order chi connectivity index (χ1) is 12.5. The molecule has 0 aromatic heterocycles. The van der Waals surface area contributed by atoms with E-state index < -0.39 is 24.5 Å². The fourth-order valence-corrected chi connectivity index (χ4v) is 2.32. The van der Waals surface area contributed by atoms with E-state index in [1.165, 1.54) is 14.0 Å². The van der Waals surface area contributed by atoms with Crippen LogP contribution in [-0.2, 0) is 20.7 Å². The van der Waals surface area contributed by atoms with Crippen LogP contribution in [0.1, 0.15) is 22.8 Å². The molecule has 6 nitrogen and oxygen atoms in total. The molecule has 1 amide bonds. The highest BCUT2D eigenvalue weighted by Gasteiger charge is 2.19. The molecule has 1 atom stereocenters. The molecule has 0 fully saturated rings. The number of rotatable bonds is 8. The number of methoxy groups -OCH3 is 1. The molecule has 0 saturated carbocycles. The lowest BCUT2D eigenvalue weighted by Crippen LogP contribution is -2.43. The summed E-state index contributed by atoms with van der Waals surface area (Å²) in [5, 5.41) is 2.60. The number of hydrogen-bond acceptors (Lipinski definition) is 5. The molecule has 2 aromatic rings. The van der Waals surface area contributed by atoms with E-state index in [1.807, 2.05) is 30.3 Å². The van der Waals surface area contributed by atoms with Crippen molar-refractivity contribution in [2.45, 2.75) is 19.4 Å². The molecule has 2 rings (SSSR count). The monoisotopic (exact) mass is 355 g/mol. The fraction of sp³-hybridized carbons (Fsp3) is 0.250. The van der Waals surface area contributed by atoms with Gasteiger partial charge in [0.2, 0.25) is 0 Å². The van der Waals surface area contributed by atoms with E-state index in [2.05, 4.69) is 5.32 Å². The molecule has 1 N–H and O–H groups in total. The predicted octanol–water partition coefficient (Wildman–Crippen LogP) is 2.17. The standard InChI is InChI=1S/C20H21NO5/c1-14(22)18(12-15-6-4-3-5-7-15)21-19(23)13-26-20(24)16-8-10-17(25-2)11-9-16/h3-11,18H,12-13H2,1-2H3,(H,21,23)/t18-/m1/s1. The van der Waals surface area contributed by atoms with Crippen molar-refractivity contribution in [3.63, 3.8) is 0 Å². The Morgan fingerprint density at radius 1 is 1.00 bits per heavy atom. The van der Waals surface area contributed by atoms with Crippen molar-refractivity contribution < 1.29 is 23.9 Å². The lowest BCUT2D eigenvalue weighted by Gasteiger charge is -2.16. The molecule has 0 unspecified atom stereocenters. The van der Waals surface area contributed by atoms with Crippen molar-refractivity contribution in [3.8, 4) is 5.75 Å². The summed E-state index contributed by atoms with van der Waals surface area (Å²) in [4.78, 5) is 35.7. The summed E-state index contributed by atoms with van der Waals surface area (Å²) >= 11 is 0. The molecular weight excluding hydrogens is 334 g/mol. The number of esters is 1. The number of benzene rings is 2. The van der Waals surface area contributed by atoms with E-state index in [0.717, 1.165) is 5.56 Å². The first-order valence-electron chi connectivity index (χ1n) is 8.14. The highest BCUT2D eigenvalue weighted by atomic mass is 16.5. The smallest absolute Gasteiger partial charge is 0.338 e. The molecule has 0 bridgehead atoms. The summed E-state index contributed by atoms with van der Waals surface area (Å²) < 4.78 is 10.0. The van der Waals surface area contributed by atoms with Crippen LogP contribution in [0.4, 0.5) is 0 Å². The molecule has 2 aromatic carbocycles. The average Bonchev–Trinajstić information content (AvgIpc) is 2.66. The zero-order valence-electron chi connectivity index (χ0n) is 14.7. The number of carbonyl (C=O) groups is 3. The molecule has 26 heavy (non-hydrogen) atoms. The minimum Gasteiger partial charge on any atom is -0.497 e. The quantitative estimate of drug-likeness (QED) is 0.734. The number of ketones is 1. The number of amides is 1. The van der Waals surface area contributed by atoms with Crippen molar-refractivity contribution in [2.75, 3.05) is 13.7 Å². The van der Waals surface area contributed by atoms with Gasteiger partial charge >= 0.3 is 5.97 Å². The summed E-state index contributed by atoms with van der Waals surface area (Å²) in [6.45, 7) is 0.959. The number of nitrogens with one attached hydrogen (secondary N) is 1. The minimum absolute atomic E-state index is 0.163. The van der Waals surface area contributed by atoms with Gasteiger partial charge < -0.3 is 14.8 Å². The summed E-state index contributed by atoms with van der Waals surface area (Å²) in [6.07, 6.45) is 0.383. The van der Waals surface area contributed by atoms with Crippen LogP contribution in [0.15, 0.2) is 54.6 Å². The topological polar surface area (TPSA) is 81.7 Å². The Morgan fingerprint density at radius 2 is 1.65 bits per heavy atom. The SMILES string of the molecule is COc1ccc(C(=O)OCC(=O)N[C@H](Cc2ccccc2)C(C)=O)cc1. The molecule has 136 valence electrons. The Kier molecular flexibility index (Phi) is 6.91. The Morgan fingerprint density at radius 3 is 2.23 bits per heavy atom. The van der Waals surface area contributed by atoms with Gasteiger partial charge in [-0.1, -0.05) is 30.3 Å². The Hall–Kier alpha value is -3.15. The van der Waals surface area contributed by atoms with Gasteiger partial charge in [0, 0.05) is 0 Å². The van der Waals surface area contributed by atoms with Gasteiger partial charge in [-0.25, -0.2) is 4.79 Å². The van der Waals surface area contributed by atoms with Crippen LogP contribution in [-0.4, -0.2) is 37.4 Å². The number of Topliss-reactive ketones (excluding diaryl/α,β-unsaturated/α-hetero) is 1. The van der Waals surface area contributed by atoms with Crippen LogP contribution in [0.2, 0.25) is 0 Å². The van der Waals surface area contributed by atoms with E-state index in [9.17, 15) is 14.4 Å². The second-order valence-corrected chi connectivity index (χ2v) is 5.73. The zero-order chi connectivity index (χ0) is 18.9. The molecule has 0 saturated heterocycles. The van der Waals surface area contributed by atoms with Crippen molar-refractivity contribution in [2.24, 2.45) is 0 Å². The van der Waals surface area contributed by atoms with Crippen molar-refractivity contribution in [1.29, 1.82) is 0 Å². The van der Waals surface area contributed by atoms with Crippen LogP contribution in [0.3, 0.4) is 0 Å². The first kappa shape index (κ1) is 19.2. The van der Waals surface area contributed by atoms with Gasteiger partial charge in [0.25, 0.3) is 5.91 Å².